The number of hydrogen-bond acceptors (Lipinski definition) is 3. The number of ether oxygens (including phenoxy) is 1. The molecule has 1 aromatic carbocycles. The number of anilines is 1. The molecule has 0 aliphatic carbocycles. The predicted molar refractivity (Wildman–Crippen MR) is 76.6 cm³/mol. The molecule has 20 heavy (non-hydrogen) atoms. The van der Waals surface area contributed by atoms with E-state index < -0.39 is 12.0 Å². The molecular formula is C13H17ClN2O4. The average molecular weight is 301 g/mol. The summed E-state index contributed by atoms with van der Waals surface area (Å²) in [4.78, 5) is 22.0. The van der Waals surface area contributed by atoms with Gasteiger partial charge in [-0.2, -0.15) is 0 Å². The Bertz CT molecular complexity index is 505. The smallest absolute Gasteiger partial charge is 0.319 e. The van der Waals surface area contributed by atoms with Gasteiger partial charge in [0.2, 0.25) is 0 Å². The van der Waals surface area contributed by atoms with Gasteiger partial charge in [-0.25, -0.2) is 4.79 Å². The Morgan fingerprint density at radius 3 is 2.70 bits per heavy atom. The largest absolute Gasteiger partial charge is 0.495 e. The highest BCUT2D eigenvalue weighted by Crippen LogP contribution is 2.30. The average Bonchev–Trinajstić information content (AvgIpc) is 2.38. The van der Waals surface area contributed by atoms with E-state index >= 15 is 0 Å². The lowest BCUT2D eigenvalue weighted by Crippen LogP contribution is -2.30. The van der Waals surface area contributed by atoms with E-state index in [-0.39, 0.29) is 13.0 Å². The Hall–Kier alpha value is -1.95. The second kappa shape index (κ2) is 7.59. The van der Waals surface area contributed by atoms with Gasteiger partial charge >= 0.3 is 12.0 Å². The molecule has 0 unspecified atom stereocenters. The van der Waals surface area contributed by atoms with Crippen LogP contribution in [-0.4, -0.2) is 30.8 Å². The Labute approximate surface area is 122 Å². The van der Waals surface area contributed by atoms with Gasteiger partial charge < -0.3 is 20.5 Å². The van der Waals surface area contributed by atoms with Crippen LogP contribution in [0, 0.1) is 6.92 Å². The summed E-state index contributed by atoms with van der Waals surface area (Å²) in [6.45, 7) is 2.10. The van der Waals surface area contributed by atoms with Crippen molar-refractivity contribution in [3.63, 3.8) is 0 Å². The molecule has 0 spiro atoms. The summed E-state index contributed by atoms with van der Waals surface area (Å²) in [5.74, 6) is -0.427. The maximum atomic E-state index is 11.7. The van der Waals surface area contributed by atoms with E-state index in [1.54, 1.807) is 12.1 Å². The number of carboxylic acid groups (broad SMARTS) is 1. The fourth-order valence-corrected chi connectivity index (χ4v) is 1.69. The van der Waals surface area contributed by atoms with Gasteiger partial charge in [-0.05, 0) is 25.0 Å². The van der Waals surface area contributed by atoms with E-state index in [0.717, 1.165) is 5.56 Å². The molecule has 0 aliphatic heterocycles. The molecule has 0 aromatic heterocycles. The van der Waals surface area contributed by atoms with Gasteiger partial charge in [0.25, 0.3) is 0 Å². The summed E-state index contributed by atoms with van der Waals surface area (Å²) in [6.07, 6.45) is 0.392. The number of nitrogens with one attached hydrogen (secondary N) is 2. The minimum absolute atomic E-state index is 0.0175. The number of amides is 2. The van der Waals surface area contributed by atoms with E-state index in [2.05, 4.69) is 10.6 Å². The minimum atomic E-state index is -0.887. The molecule has 0 saturated carbocycles. The number of rotatable bonds is 6. The van der Waals surface area contributed by atoms with Gasteiger partial charge in [0, 0.05) is 24.1 Å². The van der Waals surface area contributed by atoms with Crippen LogP contribution in [0.5, 0.6) is 5.75 Å². The molecule has 0 atom stereocenters. The van der Waals surface area contributed by atoms with Crippen molar-refractivity contribution in [2.75, 3.05) is 19.0 Å². The first-order valence-electron chi connectivity index (χ1n) is 6.05. The van der Waals surface area contributed by atoms with Crippen LogP contribution in [0.25, 0.3) is 0 Å². The SMILES string of the molecule is COc1cc(Cl)c(C)cc1NC(=O)NCCCC(=O)O. The summed E-state index contributed by atoms with van der Waals surface area (Å²) < 4.78 is 5.13. The molecule has 1 aromatic rings. The molecule has 3 N–H and O–H groups in total. The van der Waals surface area contributed by atoms with Gasteiger partial charge in [0.1, 0.15) is 5.75 Å². The molecule has 0 radical (unpaired) electrons. The normalized spacial score (nSPS) is 9.95. The lowest BCUT2D eigenvalue weighted by molar-refractivity contribution is -0.137. The van der Waals surface area contributed by atoms with Gasteiger partial charge in [0.05, 0.1) is 12.8 Å². The molecule has 2 amide bonds. The lowest BCUT2D eigenvalue weighted by atomic mass is 10.2. The van der Waals surface area contributed by atoms with E-state index in [1.807, 2.05) is 6.92 Å². The summed E-state index contributed by atoms with van der Waals surface area (Å²) in [6, 6.07) is 2.91. The van der Waals surface area contributed by atoms with Crippen molar-refractivity contribution >= 4 is 29.3 Å². The maximum absolute atomic E-state index is 11.7. The van der Waals surface area contributed by atoms with Crippen molar-refractivity contribution < 1.29 is 19.4 Å². The fraction of sp³-hybridized carbons (Fsp3) is 0.385. The summed E-state index contributed by atoms with van der Waals surface area (Å²) in [5, 5.41) is 14.2. The molecule has 0 aliphatic rings. The summed E-state index contributed by atoms with van der Waals surface area (Å²) in [7, 11) is 1.48. The zero-order valence-corrected chi connectivity index (χ0v) is 12.1. The van der Waals surface area contributed by atoms with Gasteiger partial charge in [-0.1, -0.05) is 11.6 Å². The van der Waals surface area contributed by atoms with Crippen molar-refractivity contribution in [3.8, 4) is 5.75 Å². The Morgan fingerprint density at radius 2 is 2.10 bits per heavy atom. The third kappa shape index (κ3) is 4.97. The van der Waals surface area contributed by atoms with Crippen molar-refractivity contribution in [2.24, 2.45) is 0 Å². The van der Waals surface area contributed by atoms with Gasteiger partial charge in [-0.3, -0.25) is 4.79 Å². The van der Waals surface area contributed by atoms with Crippen LogP contribution in [0.3, 0.4) is 0 Å². The molecule has 7 heteroatoms. The predicted octanol–water partition coefficient (Wildman–Crippen LogP) is 2.64. The number of aliphatic carboxylic acids is 1. The van der Waals surface area contributed by atoms with Crippen LogP contribution in [0.4, 0.5) is 10.5 Å². The van der Waals surface area contributed by atoms with Crippen LogP contribution >= 0.6 is 11.6 Å². The first kappa shape index (κ1) is 16.1. The number of methoxy groups -OCH3 is 1. The lowest BCUT2D eigenvalue weighted by Gasteiger charge is -2.12. The molecule has 110 valence electrons. The van der Waals surface area contributed by atoms with Crippen molar-refractivity contribution in [3.05, 3.63) is 22.7 Å². The summed E-state index contributed by atoms with van der Waals surface area (Å²) in [5.41, 5.74) is 1.32. The van der Waals surface area contributed by atoms with E-state index in [9.17, 15) is 9.59 Å². The summed E-state index contributed by atoms with van der Waals surface area (Å²) >= 11 is 5.97. The Balaban J connectivity index is 2.57. The number of aryl methyl sites for hydroxylation is 1. The molecular weight excluding hydrogens is 284 g/mol. The number of carbonyl (C=O) groups is 2. The first-order valence-corrected chi connectivity index (χ1v) is 6.42. The number of carboxylic acids is 1. The number of halogens is 1. The molecule has 0 heterocycles. The standard InChI is InChI=1S/C13H17ClN2O4/c1-8-6-10(11(20-2)7-9(8)14)16-13(19)15-5-3-4-12(17)18/h6-7H,3-5H2,1-2H3,(H,17,18)(H2,15,16,19). The highest BCUT2D eigenvalue weighted by atomic mass is 35.5. The zero-order chi connectivity index (χ0) is 15.1. The third-order valence-electron chi connectivity index (χ3n) is 2.58. The third-order valence-corrected chi connectivity index (χ3v) is 2.99. The second-order valence-electron chi connectivity index (χ2n) is 4.18. The van der Waals surface area contributed by atoms with Gasteiger partial charge in [0.15, 0.2) is 0 Å². The van der Waals surface area contributed by atoms with Crippen LogP contribution < -0.4 is 15.4 Å². The van der Waals surface area contributed by atoms with Crippen LogP contribution in [-0.2, 0) is 4.79 Å². The van der Waals surface area contributed by atoms with Crippen molar-refractivity contribution in [1.29, 1.82) is 0 Å². The Kier molecular flexibility index (Phi) is 6.11. The van der Waals surface area contributed by atoms with Gasteiger partial charge in [-0.15, -0.1) is 0 Å². The monoisotopic (exact) mass is 300 g/mol. The van der Waals surface area contributed by atoms with E-state index in [4.69, 9.17) is 21.4 Å². The fourth-order valence-electron chi connectivity index (χ4n) is 1.54. The zero-order valence-electron chi connectivity index (χ0n) is 11.3. The second-order valence-corrected chi connectivity index (χ2v) is 4.59. The number of urea groups is 1. The Morgan fingerprint density at radius 1 is 1.40 bits per heavy atom. The quantitative estimate of drug-likeness (QED) is 0.705. The van der Waals surface area contributed by atoms with E-state index in [1.165, 1.54) is 7.11 Å². The highest BCUT2D eigenvalue weighted by Gasteiger charge is 2.10. The topological polar surface area (TPSA) is 87.7 Å². The number of hydrogen-bond donors (Lipinski definition) is 3. The van der Waals surface area contributed by atoms with E-state index in [0.29, 0.717) is 22.9 Å². The van der Waals surface area contributed by atoms with Crippen molar-refractivity contribution in [2.45, 2.75) is 19.8 Å². The molecule has 6 nitrogen and oxygen atoms in total. The molecule has 0 bridgehead atoms. The number of carbonyl (C=O) groups excluding carboxylic acids is 1. The molecule has 0 saturated heterocycles. The van der Waals surface area contributed by atoms with Crippen LogP contribution in [0.2, 0.25) is 5.02 Å². The highest BCUT2D eigenvalue weighted by molar-refractivity contribution is 6.31. The van der Waals surface area contributed by atoms with Crippen molar-refractivity contribution in [1.82, 2.24) is 5.32 Å². The van der Waals surface area contributed by atoms with Crippen LogP contribution in [0.15, 0.2) is 12.1 Å². The molecule has 1 rings (SSSR count). The first-order chi connectivity index (χ1) is 9.43. The minimum Gasteiger partial charge on any atom is -0.495 e. The maximum Gasteiger partial charge on any atom is 0.319 e. The number of benzene rings is 1. The molecule has 0 fully saturated rings. The van der Waals surface area contributed by atoms with Crippen LogP contribution in [0.1, 0.15) is 18.4 Å².